The lowest BCUT2D eigenvalue weighted by Gasteiger charge is -2.36. The molecule has 1 aliphatic carbocycles. The summed E-state index contributed by atoms with van der Waals surface area (Å²) in [6.45, 7) is 0.961. The number of hydrogen-bond donors (Lipinski definition) is 2. The summed E-state index contributed by atoms with van der Waals surface area (Å²) in [5.41, 5.74) is 0.420. The number of likely N-dealkylation sites (tertiary alicyclic amines) is 1. The normalized spacial score (nSPS) is 45.9. The summed E-state index contributed by atoms with van der Waals surface area (Å²) in [7, 11) is 7.57. The van der Waals surface area contributed by atoms with E-state index < -0.39 is 12.2 Å². The van der Waals surface area contributed by atoms with E-state index in [1.165, 1.54) is 0 Å². The van der Waals surface area contributed by atoms with Gasteiger partial charge in [0, 0.05) is 6.04 Å². The summed E-state index contributed by atoms with van der Waals surface area (Å²) in [6.07, 6.45) is 1.29. The highest BCUT2D eigenvalue weighted by atomic mass is 16.3. The van der Waals surface area contributed by atoms with Crippen LogP contribution in [0.2, 0.25) is 0 Å². The van der Waals surface area contributed by atoms with Crippen molar-refractivity contribution in [2.75, 3.05) is 13.6 Å². The predicted molar refractivity (Wildman–Crippen MR) is 50.4 cm³/mol. The highest BCUT2D eigenvalue weighted by Crippen LogP contribution is 2.33. The third-order valence-electron chi connectivity index (χ3n) is 3.18. The van der Waals surface area contributed by atoms with E-state index in [2.05, 4.69) is 4.90 Å². The maximum atomic E-state index is 9.78. The molecule has 1 saturated heterocycles. The molecule has 0 aromatic heterocycles. The van der Waals surface area contributed by atoms with Crippen LogP contribution >= 0.6 is 0 Å². The van der Waals surface area contributed by atoms with Gasteiger partial charge in [0.25, 0.3) is 0 Å². The minimum absolute atomic E-state index is 0.0438. The fraction of sp³-hybridized carbons (Fsp3) is 0.778. The predicted octanol–water partition coefficient (Wildman–Crippen LogP) is -0.906. The average Bonchev–Trinajstić information content (AvgIpc) is 2.43. The molecule has 2 rings (SSSR count). The summed E-state index contributed by atoms with van der Waals surface area (Å²) in [5, 5.41) is 19.3. The molecule has 3 nitrogen and oxygen atoms in total. The molecule has 13 heavy (non-hydrogen) atoms. The van der Waals surface area contributed by atoms with Gasteiger partial charge >= 0.3 is 0 Å². The van der Waals surface area contributed by atoms with E-state index in [1.807, 2.05) is 13.1 Å². The first-order valence-electron chi connectivity index (χ1n) is 4.65. The number of nitrogens with zero attached hydrogens (tertiary/aromatic N) is 1. The summed E-state index contributed by atoms with van der Waals surface area (Å²) in [6, 6.07) is 0.0438. The van der Waals surface area contributed by atoms with Crippen molar-refractivity contribution in [3.05, 3.63) is 11.5 Å². The Morgan fingerprint density at radius 3 is 2.92 bits per heavy atom. The molecule has 4 heteroatoms. The smallest absolute Gasteiger partial charge is 0.111 e. The molecule has 2 radical (unpaired) electrons. The van der Waals surface area contributed by atoms with Gasteiger partial charge in [0.1, 0.15) is 7.85 Å². The van der Waals surface area contributed by atoms with Crippen molar-refractivity contribution in [1.29, 1.82) is 0 Å². The Balaban J connectivity index is 2.27. The molecule has 4 unspecified atom stereocenters. The fourth-order valence-electron chi connectivity index (χ4n) is 2.43. The van der Waals surface area contributed by atoms with Gasteiger partial charge in [-0.1, -0.05) is 11.5 Å². The third kappa shape index (κ3) is 1.33. The number of rotatable bonds is 0. The molecule has 2 aliphatic rings. The van der Waals surface area contributed by atoms with Crippen molar-refractivity contribution >= 4 is 7.85 Å². The van der Waals surface area contributed by atoms with Crippen molar-refractivity contribution in [2.45, 2.75) is 24.7 Å². The van der Waals surface area contributed by atoms with Gasteiger partial charge in [0.2, 0.25) is 0 Å². The Bertz CT molecular complexity index is 244. The molecular formula is C9H14BNO2. The van der Waals surface area contributed by atoms with E-state index in [0.29, 0.717) is 11.4 Å². The molecular weight excluding hydrogens is 165 g/mol. The van der Waals surface area contributed by atoms with Crippen molar-refractivity contribution in [3.8, 4) is 0 Å². The van der Waals surface area contributed by atoms with Crippen LogP contribution < -0.4 is 0 Å². The SMILES string of the molecule is [B]C1=CC2CCN(C)C2C(O)C1O. The van der Waals surface area contributed by atoms with Gasteiger partial charge in [-0.25, -0.2) is 0 Å². The molecule has 0 amide bonds. The molecule has 1 fully saturated rings. The van der Waals surface area contributed by atoms with Crippen molar-refractivity contribution < 1.29 is 10.2 Å². The first-order valence-corrected chi connectivity index (χ1v) is 4.65. The Kier molecular flexibility index (Phi) is 2.22. The highest BCUT2D eigenvalue weighted by molar-refractivity contribution is 6.22. The van der Waals surface area contributed by atoms with Crippen LogP contribution in [0, 0.1) is 5.92 Å². The zero-order valence-electron chi connectivity index (χ0n) is 7.72. The number of likely N-dealkylation sites (N-methyl/N-ethyl adjacent to an activating group) is 1. The Morgan fingerprint density at radius 2 is 2.23 bits per heavy atom. The Hall–Kier alpha value is -0.315. The summed E-state index contributed by atoms with van der Waals surface area (Å²) >= 11 is 0. The van der Waals surface area contributed by atoms with Gasteiger partial charge < -0.3 is 15.1 Å². The number of fused-ring (bicyclic) bond motifs is 1. The summed E-state index contributed by atoms with van der Waals surface area (Å²) in [5.74, 6) is 0.309. The van der Waals surface area contributed by atoms with E-state index in [4.69, 9.17) is 7.85 Å². The van der Waals surface area contributed by atoms with Gasteiger partial charge in [-0.05, 0) is 25.9 Å². The van der Waals surface area contributed by atoms with Crippen LogP contribution in [0.15, 0.2) is 11.5 Å². The standard InChI is InChI=1S/C9H14BNO2/c1-11-3-2-5-4-6(10)8(12)9(13)7(5)11/h4-5,7-9,12-13H,2-3H2,1H3. The van der Waals surface area contributed by atoms with Crippen molar-refractivity contribution in [2.24, 2.45) is 5.92 Å². The molecule has 0 aromatic carbocycles. The Labute approximate surface area is 79.5 Å². The third-order valence-corrected chi connectivity index (χ3v) is 3.18. The van der Waals surface area contributed by atoms with Crippen LogP contribution in [0.4, 0.5) is 0 Å². The van der Waals surface area contributed by atoms with Crippen LogP contribution in [-0.4, -0.2) is 54.8 Å². The maximum Gasteiger partial charge on any atom is 0.111 e. The largest absolute Gasteiger partial charge is 0.388 e. The molecule has 1 heterocycles. The lowest BCUT2D eigenvalue weighted by molar-refractivity contribution is -0.0165. The van der Waals surface area contributed by atoms with Crippen LogP contribution in [0.1, 0.15) is 6.42 Å². The van der Waals surface area contributed by atoms with Crippen molar-refractivity contribution in [1.82, 2.24) is 4.90 Å². The monoisotopic (exact) mass is 179 g/mol. The maximum absolute atomic E-state index is 9.78. The van der Waals surface area contributed by atoms with E-state index in [1.54, 1.807) is 0 Å². The molecule has 1 aliphatic heterocycles. The minimum atomic E-state index is -0.887. The van der Waals surface area contributed by atoms with Crippen LogP contribution in [0.5, 0.6) is 0 Å². The minimum Gasteiger partial charge on any atom is -0.388 e. The Morgan fingerprint density at radius 1 is 1.54 bits per heavy atom. The first-order chi connectivity index (χ1) is 6.11. The molecule has 0 spiro atoms. The highest BCUT2D eigenvalue weighted by Gasteiger charge is 2.42. The second-order valence-electron chi connectivity index (χ2n) is 4.03. The topological polar surface area (TPSA) is 43.7 Å². The van der Waals surface area contributed by atoms with Gasteiger partial charge in [0.15, 0.2) is 0 Å². The molecule has 70 valence electrons. The summed E-state index contributed by atoms with van der Waals surface area (Å²) < 4.78 is 0. The molecule has 0 bridgehead atoms. The molecule has 2 N–H and O–H groups in total. The van der Waals surface area contributed by atoms with Gasteiger partial charge in [-0.2, -0.15) is 0 Å². The molecule has 0 aromatic rings. The number of aliphatic hydroxyl groups is 2. The van der Waals surface area contributed by atoms with Gasteiger partial charge in [-0.15, -0.1) is 0 Å². The molecule has 4 atom stereocenters. The van der Waals surface area contributed by atoms with Crippen LogP contribution in [-0.2, 0) is 0 Å². The molecule has 0 saturated carbocycles. The lowest BCUT2D eigenvalue weighted by Crippen LogP contribution is -2.49. The van der Waals surface area contributed by atoms with E-state index >= 15 is 0 Å². The lowest BCUT2D eigenvalue weighted by atomic mass is 9.75. The zero-order chi connectivity index (χ0) is 9.59. The number of aliphatic hydroxyl groups excluding tert-OH is 2. The first kappa shape index (κ1) is 9.25. The second kappa shape index (κ2) is 3.12. The van der Waals surface area contributed by atoms with Crippen LogP contribution in [0.3, 0.4) is 0 Å². The van der Waals surface area contributed by atoms with E-state index in [-0.39, 0.29) is 6.04 Å². The average molecular weight is 179 g/mol. The summed E-state index contributed by atoms with van der Waals surface area (Å²) in [4.78, 5) is 2.08. The van der Waals surface area contributed by atoms with Gasteiger partial charge in [-0.3, -0.25) is 0 Å². The van der Waals surface area contributed by atoms with Crippen LogP contribution in [0.25, 0.3) is 0 Å². The van der Waals surface area contributed by atoms with E-state index in [0.717, 1.165) is 13.0 Å². The van der Waals surface area contributed by atoms with Gasteiger partial charge in [0.05, 0.1) is 12.2 Å². The second-order valence-corrected chi connectivity index (χ2v) is 4.03. The fourth-order valence-corrected chi connectivity index (χ4v) is 2.43. The van der Waals surface area contributed by atoms with Crippen molar-refractivity contribution in [3.63, 3.8) is 0 Å². The zero-order valence-corrected chi connectivity index (χ0v) is 7.72. The van der Waals surface area contributed by atoms with E-state index in [9.17, 15) is 10.2 Å². The number of hydrogen-bond acceptors (Lipinski definition) is 3. The quantitative estimate of drug-likeness (QED) is 0.473.